The molecule has 0 radical (unpaired) electrons. The van der Waals surface area contributed by atoms with E-state index in [0.29, 0.717) is 36.6 Å². The van der Waals surface area contributed by atoms with Gasteiger partial charge in [0.2, 0.25) is 0 Å². The number of fused-ring (bicyclic) bond motifs is 1. The van der Waals surface area contributed by atoms with E-state index in [2.05, 4.69) is 9.97 Å². The number of nitrogens with zero attached hydrogens (tertiary/aromatic N) is 4. The number of piperidine rings is 1. The van der Waals surface area contributed by atoms with Crippen molar-refractivity contribution in [1.29, 1.82) is 0 Å². The summed E-state index contributed by atoms with van der Waals surface area (Å²) in [4.78, 5) is 22.6. The van der Waals surface area contributed by atoms with Crippen LogP contribution in [-0.4, -0.2) is 38.3 Å². The number of likely N-dealkylation sites (tertiary alicyclic amines) is 1. The van der Waals surface area contributed by atoms with Gasteiger partial charge in [0.1, 0.15) is 5.65 Å². The van der Waals surface area contributed by atoms with Crippen molar-refractivity contribution in [2.45, 2.75) is 24.9 Å². The maximum absolute atomic E-state index is 13.0. The van der Waals surface area contributed by atoms with E-state index in [0.717, 1.165) is 16.7 Å². The zero-order valence-electron chi connectivity index (χ0n) is 13.9. The minimum atomic E-state index is -4.46. The fourth-order valence-corrected chi connectivity index (χ4v) is 4.49. The molecule has 5 nitrogen and oxygen atoms in total. The Kier molecular flexibility index (Phi) is 4.59. The van der Waals surface area contributed by atoms with E-state index in [4.69, 9.17) is 11.6 Å². The third kappa shape index (κ3) is 3.41. The number of aromatic nitrogens is 3. The topological polar surface area (TPSA) is 50.5 Å². The molecular weight excluding hydrogens is 401 g/mol. The number of amides is 1. The summed E-state index contributed by atoms with van der Waals surface area (Å²) >= 11 is 7.16. The molecule has 0 aliphatic carbocycles. The lowest BCUT2D eigenvalue weighted by Gasteiger charge is -2.31. The summed E-state index contributed by atoms with van der Waals surface area (Å²) in [6, 6.07) is 5.31. The summed E-state index contributed by atoms with van der Waals surface area (Å²) in [5.41, 5.74) is -0.0482. The molecule has 1 fully saturated rings. The van der Waals surface area contributed by atoms with Crippen molar-refractivity contribution >= 4 is 34.5 Å². The molecule has 10 heteroatoms. The molecule has 3 aromatic rings. The number of pyridine rings is 1. The SMILES string of the molecule is O=C(c1c(Cl)nc2ccccn12)N1CCCC(c2nc(C(F)(F)F)cs2)C1. The highest BCUT2D eigenvalue weighted by Crippen LogP contribution is 2.35. The molecule has 1 saturated heterocycles. The van der Waals surface area contributed by atoms with E-state index >= 15 is 0 Å². The summed E-state index contributed by atoms with van der Waals surface area (Å²) in [7, 11) is 0. The lowest BCUT2D eigenvalue weighted by molar-refractivity contribution is -0.140. The Bertz CT molecular complexity index is 1000. The first-order valence-corrected chi connectivity index (χ1v) is 9.55. The number of carbonyl (C=O) groups excluding carboxylic acids is 1. The number of hydrogen-bond donors (Lipinski definition) is 0. The van der Waals surface area contributed by atoms with Gasteiger partial charge in [-0.25, -0.2) is 9.97 Å². The van der Waals surface area contributed by atoms with E-state index in [9.17, 15) is 18.0 Å². The van der Waals surface area contributed by atoms with Gasteiger partial charge in [0.05, 0.1) is 5.01 Å². The van der Waals surface area contributed by atoms with Crippen LogP contribution in [0.1, 0.15) is 39.9 Å². The van der Waals surface area contributed by atoms with E-state index in [1.54, 1.807) is 33.7 Å². The minimum Gasteiger partial charge on any atom is -0.337 e. The number of imidazole rings is 1. The molecule has 4 rings (SSSR count). The Hall–Kier alpha value is -2.13. The van der Waals surface area contributed by atoms with E-state index in [1.165, 1.54) is 0 Å². The van der Waals surface area contributed by atoms with E-state index in [-0.39, 0.29) is 22.7 Å². The van der Waals surface area contributed by atoms with Crippen LogP contribution in [0.2, 0.25) is 5.15 Å². The highest BCUT2D eigenvalue weighted by atomic mass is 35.5. The third-order valence-electron chi connectivity index (χ3n) is 4.56. The van der Waals surface area contributed by atoms with Crippen LogP contribution in [0, 0.1) is 0 Å². The second kappa shape index (κ2) is 6.79. The van der Waals surface area contributed by atoms with Gasteiger partial charge in [0.15, 0.2) is 16.5 Å². The maximum Gasteiger partial charge on any atom is 0.434 e. The molecule has 3 aromatic heterocycles. The van der Waals surface area contributed by atoms with Gasteiger partial charge in [-0.3, -0.25) is 9.20 Å². The second-order valence-electron chi connectivity index (χ2n) is 6.34. The number of rotatable bonds is 2. The summed E-state index contributed by atoms with van der Waals surface area (Å²) in [6.45, 7) is 0.823. The molecule has 27 heavy (non-hydrogen) atoms. The first kappa shape index (κ1) is 18.2. The van der Waals surface area contributed by atoms with Crippen molar-refractivity contribution < 1.29 is 18.0 Å². The fraction of sp³-hybridized carbons (Fsp3) is 0.353. The number of alkyl halides is 3. The van der Waals surface area contributed by atoms with Gasteiger partial charge in [0.25, 0.3) is 5.91 Å². The van der Waals surface area contributed by atoms with Crippen LogP contribution in [0.15, 0.2) is 29.8 Å². The Balaban J connectivity index is 1.58. The van der Waals surface area contributed by atoms with Crippen LogP contribution in [0.25, 0.3) is 5.65 Å². The molecule has 142 valence electrons. The van der Waals surface area contributed by atoms with E-state index in [1.807, 2.05) is 0 Å². The van der Waals surface area contributed by atoms with Crippen molar-refractivity contribution in [2.75, 3.05) is 13.1 Å². The first-order valence-electron chi connectivity index (χ1n) is 8.29. The molecule has 1 atom stereocenters. The van der Waals surface area contributed by atoms with Gasteiger partial charge < -0.3 is 4.90 Å². The number of carbonyl (C=O) groups is 1. The monoisotopic (exact) mass is 414 g/mol. The average Bonchev–Trinajstić information content (AvgIpc) is 3.25. The normalized spacial score (nSPS) is 18.2. The second-order valence-corrected chi connectivity index (χ2v) is 7.59. The highest BCUT2D eigenvalue weighted by Gasteiger charge is 2.36. The molecule has 0 aromatic carbocycles. The average molecular weight is 415 g/mol. The smallest absolute Gasteiger partial charge is 0.337 e. The molecular formula is C17H14ClF3N4OS. The Labute approximate surface area is 161 Å². The Morgan fingerprint density at radius 2 is 2.11 bits per heavy atom. The van der Waals surface area contributed by atoms with Crippen LogP contribution in [0.3, 0.4) is 0 Å². The summed E-state index contributed by atoms with van der Waals surface area (Å²) in [5, 5.41) is 1.54. The molecule has 1 aliphatic rings. The molecule has 1 unspecified atom stereocenters. The van der Waals surface area contributed by atoms with Gasteiger partial charge in [-0.1, -0.05) is 17.7 Å². The third-order valence-corrected chi connectivity index (χ3v) is 5.83. The van der Waals surface area contributed by atoms with Gasteiger partial charge in [0, 0.05) is 30.6 Å². The summed E-state index contributed by atoms with van der Waals surface area (Å²) in [5.74, 6) is -0.502. The largest absolute Gasteiger partial charge is 0.434 e. The first-order chi connectivity index (χ1) is 12.8. The van der Waals surface area contributed by atoms with Crippen molar-refractivity contribution in [3.8, 4) is 0 Å². The van der Waals surface area contributed by atoms with Crippen molar-refractivity contribution in [1.82, 2.24) is 19.3 Å². The van der Waals surface area contributed by atoms with Crippen LogP contribution in [-0.2, 0) is 6.18 Å². The van der Waals surface area contributed by atoms with Gasteiger partial charge in [-0.15, -0.1) is 11.3 Å². The predicted octanol–water partition coefficient (Wildman–Crippen LogP) is 4.48. The highest BCUT2D eigenvalue weighted by molar-refractivity contribution is 7.09. The van der Waals surface area contributed by atoms with Gasteiger partial charge >= 0.3 is 6.18 Å². The molecule has 0 spiro atoms. The van der Waals surface area contributed by atoms with Crippen molar-refractivity contribution in [3.63, 3.8) is 0 Å². The molecule has 1 amide bonds. The van der Waals surface area contributed by atoms with Crippen molar-refractivity contribution in [3.05, 3.63) is 51.3 Å². The maximum atomic E-state index is 13.0. The van der Waals surface area contributed by atoms with Gasteiger partial charge in [-0.05, 0) is 25.0 Å². The summed E-state index contributed by atoms with van der Waals surface area (Å²) in [6.07, 6.45) is -1.37. The molecule has 0 saturated carbocycles. The number of thiazole rings is 1. The standard InChI is InChI=1S/C17H14ClF3N4OS/c18-14-13(25-7-2-1-5-12(25)23-14)16(26)24-6-3-4-10(8-24)15-22-11(9-27-15)17(19,20)21/h1-2,5,7,9-10H,3-4,6,8H2. The van der Waals surface area contributed by atoms with Crippen LogP contribution >= 0.6 is 22.9 Å². The quantitative estimate of drug-likeness (QED) is 0.621. The Morgan fingerprint density at radius 3 is 2.85 bits per heavy atom. The van der Waals surface area contributed by atoms with Crippen LogP contribution in [0.4, 0.5) is 13.2 Å². The zero-order chi connectivity index (χ0) is 19.2. The molecule has 0 N–H and O–H groups in total. The number of halogens is 4. The van der Waals surface area contributed by atoms with Crippen LogP contribution < -0.4 is 0 Å². The van der Waals surface area contributed by atoms with Crippen LogP contribution in [0.5, 0.6) is 0 Å². The molecule has 1 aliphatic heterocycles. The Morgan fingerprint density at radius 1 is 1.30 bits per heavy atom. The molecule has 0 bridgehead atoms. The lowest BCUT2D eigenvalue weighted by Crippen LogP contribution is -2.39. The van der Waals surface area contributed by atoms with E-state index < -0.39 is 11.9 Å². The number of hydrogen-bond acceptors (Lipinski definition) is 4. The van der Waals surface area contributed by atoms with Crippen molar-refractivity contribution in [2.24, 2.45) is 0 Å². The fourth-order valence-electron chi connectivity index (χ4n) is 3.28. The van der Waals surface area contributed by atoms with Gasteiger partial charge in [-0.2, -0.15) is 13.2 Å². The molecule has 4 heterocycles. The zero-order valence-corrected chi connectivity index (χ0v) is 15.5. The minimum absolute atomic E-state index is 0.113. The predicted molar refractivity (Wildman–Crippen MR) is 95.2 cm³/mol. The summed E-state index contributed by atoms with van der Waals surface area (Å²) < 4.78 is 40.0. The lowest BCUT2D eigenvalue weighted by atomic mass is 9.98.